The average molecular weight is 386 g/mol. The van der Waals surface area contributed by atoms with Gasteiger partial charge >= 0.3 is 0 Å². The van der Waals surface area contributed by atoms with E-state index in [1.165, 1.54) is 18.9 Å². The topological polar surface area (TPSA) is 60.0 Å². The van der Waals surface area contributed by atoms with Gasteiger partial charge in [0.25, 0.3) is 0 Å². The van der Waals surface area contributed by atoms with Gasteiger partial charge in [0.2, 0.25) is 0 Å². The summed E-state index contributed by atoms with van der Waals surface area (Å²) in [6.45, 7) is 7.44. The van der Waals surface area contributed by atoms with Crippen molar-refractivity contribution in [1.82, 2.24) is 19.7 Å². The number of aryl methyl sites for hydroxylation is 1. The number of piperidine rings is 1. The van der Waals surface area contributed by atoms with Crippen molar-refractivity contribution >= 4 is 0 Å². The highest BCUT2D eigenvalue weighted by molar-refractivity contribution is 5.19. The maximum atomic E-state index is 13.5. The first-order valence-corrected chi connectivity index (χ1v) is 10.6. The van der Waals surface area contributed by atoms with Crippen LogP contribution in [-0.4, -0.2) is 38.3 Å². The normalized spacial score (nSPS) is 26.1. The van der Waals surface area contributed by atoms with Crippen LogP contribution < -0.4 is 5.73 Å². The highest BCUT2D eigenvalue weighted by Crippen LogP contribution is 2.42. The molecule has 5 nitrogen and oxygen atoms in total. The summed E-state index contributed by atoms with van der Waals surface area (Å²) in [6, 6.07) is 8.30. The second-order valence-corrected chi connectivity index (χ2v) is 8.83. The Morgan fingerprint density at radius 3 is 2.50 bits per heavy atom. The molecule has 0 amide bonds. The van der Waals surface area contributed by atoms with Crippen LogP contribution >= 0.6 is 0 Å². The Bertz CT molecular complexity index is 803. The standard InChI is InChI=1S/C22H32FN5/c1-14(2)22-26-25-15(3)28(22)20-12-18-7-8-19(13-20)27(18)10-9-21(24)16-5-4-6-17(23)11-16/h4-6,11,14,18-21H,7-10,12-13,24H2,1-3H3/t18?,19?,20?,21-/m0/s1. The molecule has 0 radical (unpaired) electrons. The van der Waals surface area contributed by atoms with Crippen molar-refractivity contribution in [2.24, 2.45) is 5.73 Å². The van der Waals surface area contributed by atoms with Crippen molar-refractivity contribution in [2.75, 3.05) is 6.54 Å². The molecule has 0 spiro atoms. The lowest BCUT2D eigenvalue weighted by atomic mass is 9.95. The molecule has 2 saturated heterocycles. The predicted molar refractivity (Wildman–Crippen MR) is 109 cm³/mol. The first-order valence-electron chi connectivity index (χ1n) is 10.6. The molecule has 4 rings (SSSR count). The number of benzene rings is 1. The second-order valence-electron chi connectivity index (χ2n) is 8.83. The van der Waals surface area contributed by atoms with Crippen molar-refractivity contribution in [3.05, 3.63) is 47.3 Å². The van der Waals surface area contributed by atoms with E-state index < -0.39 is 0 Å². The minimum absolute atomic E-state index is 0.111. The third kappa shape index (κ3) is 3.72. The van der Waals surface area contributed by atoms with Gasteiger partial charge in [0.05, 0.1) is 0 Å². The number of fused-ring (bicyclic) bond motifs is 2. The van der Waals surface area contributed by atoms with Crippen molar-refractivity contribution in [3.63, 3.8) is 0 Å². The summed E-state index contributed by atoms with van der Waals surface area (Å²) in [5.74, 6) is 2.33. The van der Waals surface area contributed by atoms with E-state index in [4.69, 9.17) is 5.73 Å². The quantitative estimate of drug-likeness (QED) is 0.813. The van der Waals surface area contributed by atoms with E-state index in [2.05, 4.69) is 40.4 Å². The zero-order valence-electron chi connectivity index (χ0n) is 17.2. The van der Waals surface area contributed by atoms with E-state index in [0.29, 0.717) is 24.0 Å². The molecule has 1 aromatic heterocycles. The number of rotatable bonds is 6. The maximum Gasteiger partial charge on any atom is 0.135 e. The minimum atomic E-state index is -0.209. The molecule has 3 atom stereocenters. The van der Waals surface area contributed by atoms with Crippen LogP contribution in [-0.2, 0) is 0 Å². The van der Waals surface area contributed by atoms with Crippen molar-refractivity contribution in [1.29, 1.82) is 0 Å². The van der Waals surface area contributed by atoms with E-state index in [1.807, 2.05) is 6.07 Å². The Kier molecular flexibility index (Phi) is 5.52. The SMILES string of the molecule is Cc1nnc(C(C)C)n1C1CC2CCC(C1)N2CC[C@H](N)c1cccc(F)c1. The molecule has 2 aromatic rings. The van der Waals surface area contributed by atoms with E-state index in [0.717, 1.165) is 43.0 Å². The Hall–Kier alpha value is -1.79. The highest BCUT2D eigenvalue weighted by atomic mass is 19.1. The largest absolute Gasteiger partial charge is 0.324 e. The van der Waals surface area contributed by atoms with Crippen LogP contribution in [0.1, 0.15) is 81.2 Å². The van der Waals surface area contributed by atoms with E-state index in [1.54, 1.807) is 12.1 Å². The number of aromatic nitrogens is 3. The summed E-state index contributed by atoms with van der Waals surface area (Å²) < 4.78 is 15.9. The van der Waals surface area contributed by atoms with Gasteiger partial charge in [0.15, 0.2) is 0 Å². The van der Waals surface area contributed by atoms with Crippen LogP contribution in [0.2, 0.25) is 0 Å². The molecule has 0 aliphatic carbocycles. The third-order valence-electron chi connectivity index (χ3n) is 6.61. The zero-order valence-corrected chi connectivity index (χ0v) is 17.2. The number of hydrogen-bond acceptors (Lipinski definition) is 4. The summed E-state index contributed by atoms with van der Waals surface area (Å²) in [7, 11) is 0. The fourth-order valence-corrected chi connectivity index (χ4v) is 5.24. The molecule has 2 unspecified atom stereocenters. The van der Waals surface area contributed by atoms with Crippen LogP contribution in [0.3, 0.4) is 0 Å². The molecule has 28 heavy (non-hydrogen) atoms. The average Bonchev–Trinajstić information content (AvgIpc) is 3.16. The van der Waals surface area contributed by atoms with Gasteiger partial charge in [-0.2, -0.15) is 0 Å². The molecule has 2 N–H and O–H groups in total. The summed E-state index contributed by atoms with van der Waals surface area (Å²) in [4.78, 5) is 2.66. The summed E-state index contributed by atoms with van der Waals surface area (Å²) in [6.07, 6.45) is 5.70. The lowest BCUT2D eigenvalue weighted by Gasteiger charge is -2.40. The summed E-state index contributed by atoms with van der Waals surface area (Å²) in [5, 5.41) is 8.79. The van der Waals surface area contributed by atoms with Crippen LogP contribution in [0.5, 0.6) is 0 Å². The molecule has 2 bridgehead atoms. The minimum Gasteiger partial charge on any atom is -0.324 e. The number of halogens is 1. The van der Waals surface area contributed by atoms with Crippen LogP contribution in [0.25, 0.3) is 0 Å². The fourth-order valence-electron chi connectivity index (χ4n) is 5.24. The smallest absolute Gasteiger partial charge is 0.135 e. The molecule has 6 heteroatoms. The highest BCUT2D eigenvalue weighted by Gasteiger charge is 2.42. The van der Waals surface area contributed by atoms with E-state index >= 15 is 0 Å². The monoisotopic (exact) mass is 385 g/mol. The van der Waals surface area contributed by atoms with Gasteiger partial charge in [-0.25, -0.2) is 4.39 Å². The van der Waals surface area contributed by atoms with Crippen molar-refractivity contribution in [3.8, 4) is 0 Å². The Labute approximate surface area is 167 Å². The Morgan fingerprint density at radius 2 is 1.86 bits per heavy atom. The van der Waals surface area contributed by atoms with Gasteiger partial charge in [0, 0.05) is 36.6 Å². The van der Waals surface area contributed by atoms with Gasteiger partial charge in [-0.15, -0.1) is 10.2 Å². The lowest BCUT2D eigenvalue weighted by molar-refractivity contribution is 0.101. The molecule has 152 valence electrons. The zero-order chi connectivity index (χ0) is 19.8. The fraction of sp³-hybridized carbons (Fsp3) is 0.636. The number of nitrogens with zero attached hydrogens (tertiary/aromatic N) is 4. The van der Waals surface area contributed by atoms with Gasteiger partial charge in [-0.1, -0.05) is 26.0 Å². The van der Waals surface area contributed by atoms with Gasteiger partial charge in [-0.05, 0) is 56.7 Å². The van der Waals surface area contributed by atoms with Gasteiger partial charge in [0.1, 0.15) is 17.5 Å². The summed E-state index contributed by atoms with van der Waals surface area (Å²) in [5.41, 5.74) is 7.25. The Morgan fingerprint density at radius 1 is 1.14 bits per heavy atom. The second kappa shape index (κ2) is 7.91. The van der Waals surface area contributed by atoms with Crippen LogP contribution in [0.4, 0.5) is 4.39 Å². The first kappa shape index (κ1) is 19.5. The molecule has 2 aliphatic heterocycles. The van der Waals surface area contributed by atoms with E-state index in [9.17, 15) is 4.39 Å². The number of hydrogen-bond donors (Lipinski definition) is 1. The molecule has 2 fully saturated rings. The number of nitrogens with two attached hydrogens (primary N) is 1. The van der Waals surface area contributed by atoms with Crippen LogP contribution in [0, 0.1) is 12.7 Å². The first-order chi connectivity index (χ1) is 13.4. The molecule has 3 heterocycles. The van der Waals surface area contributed by atoms with Crippen molar-refractivity contribution < 1.29 is 4.39 Å². The van der Waals surface area contributed by atoms with Gasteiger partial charge in [-0.3, -0.25) is 4.90 Å². The third-order valence-corrected chi connectivity index (χ3v) is 6.61. The maximum absolute atomic E-state index is 13.5. The molecule has 2 aliphatic rings. The van der Waals surface area contributed by atoms with Gasteiger partial charge < -0.3 is 10.3 Å². The molecular formula is C22H32FN5. The lowest BCUT2D eigenvalue weighted by Crippen LogP contribution is -2.44. The Balaban J connectivity index is 1.41. The molecular weight excluding hydrogens is 353 g/mol. The summed E-state index contributed by atoms with van der Waals surface area (Å²) >= 11 is 0. The van der Waals surface area contributed by atoms with E-state index in [-0.39, 0.29) is 11.9 Å². The van der Waals surface area contributed by atoms with Crippen LogP contribution in [0.15, 0.2) is 24.3 Å². The molecule has 1 aromatic carbocycles. The van der Waals surface area contributed by atoms with Crippen molar-refractivity contribution in [2.45, 2.75) is 83.0 Å². The molecule has 0 saturated carbocycles. The predicted octanol–water partition coefficient (Wildman–Crippen LogP) is 4.11.